The molecule has 0 saturated heterocycles. The molecule has 1 aromatic heterocycles. The average Bonchev–Trinajstić information content (AvgIpc) is 3.27. The van der Waals surface area contributed by atoms with Gasteiger partial charge < -0.3 is 14.9 Å². The Kier molecular flexibility index (Phi) is 4.88. The molecule has 24 heavy (non-hydrogen) atoms. The predicted molar refractivity (Wildman–Crippen MR) is 85.6 cm³/mol. The maximum absolute atomic E-state index is 12.0. The molecule has 0 radical (unpaired) electrons. The molecule has 1 aliphatic rings. The molecule has 0 bridgehead atoms. The highest BCUT2D eigenvalue weighted by Crippen LogP contribution is 2.38. The second-order valence-electron chi connectivity index (χ2n) is 5.99. The molecule has 1 fully saturated rings. The van der Waals surface area contributed by atoms with Gasteiger partial charge in [-0.2, -0.15) is 4.98 Å². The summed E-state index contributed by atoms with van der Waals surface area (Å²) in [7, 11) is 0. The third-order valence-electron chi connectivity index (χ3n) is 3.79. The molecule has 0 atom stereocenters. The summed E-state index contributed by atoms with van der Waals surface area (Å²) in [5, 5.41) is 15.5. The lowest BCUT2D eigenvalue weighted by Crippen LogP contribution is -2.12. The Labute approximate surface area is 139 Å². The summed E-state index contributed by atoms with van der Waals surface area (Å²) in [4.78, 5) is 27.0. The summed E-state index contributed by atoms with van der Waals surface area (Å²) in [6, 6.07) is 6.86. The highest BCUT2D eigenvalue weighted by atomic mass is 16.5. The number of aromatic nitrogens is 2. The van der Waals surface area contributed by atoms with Gasteiger partial charge in [0.05, 0.1) is 6.42 Å². The molecule has 0 aliphatic heterocycles. The Bertz CT molecular complexity index is 737. The van der Waals surface area contributed by atoms with Gasteiger partial charge in [-0.1, -0.05) is 17.3 Å². The molecular weight excluding hydrogens is 310 g/mol. The molecule has 1 aromatic carbocycles. The Balaban J connectivity index is 1.44. The summed E-state index contributed by atoms with van der Waals surface area (Å²) in [6.07, 6.45) is 3.72. The number of hydrogen-bond acceptors (Lipinski definition) is 5. The number of rotatable bonds is 8. The van der Waals surface area contributed by atoms with Gasteiger partial charge in [0, 0.05) is 24.4 Å². The van der Waals surface area contributed by atoms with Crippen molar-refractivity contribution in [3.05, 3.63) is 41.5 Å². The minimum atomic E-state index is -0.899. The first-order valence-corrected chi connectivity index (χ1v) is 8.03. The number of nitrogens with one attached hydrogen (secondary N) is 1. The highest BCUT2D eigenvalue weighted by molar-refractivity contribution is 5.90. The molecule has 126 valence electrons. The third-order valence-corrected chi connectivity index (χ3v) is 3.79. The monoisotopic (exact) mass is 329 g/mol. The van der Waals surface area contributed by atoms with Gasteiger partial charge in [-0.25, -0.2) is 0 Å². The standard InChI is InChI=1S/C17H19N3O4/c21-14(18-13-4-1-3-11(9-13)10-16(22)23)5-2-6-15-19-17(20-24-15)12-7-8-12/h1,3-4,9,12H,2,5-8,10H2,(H,18,21)(H,22,23). The summed E-state index contributed by atoms with van der Waals surface area (Å²) < 4.78 is 5.17. The molecule has 1 heterocycles. The summed E-state index contributed by atoms with van der Waals surface area (Å²) in [5.41, 5.74) is 1.26. The Morgan fingerprint density at radius 3 is 2.92 bits per heavy atom. The van der Waals surface area contributed by atoms with Crippen molar-refractivity contribution in [3.63, 3.8) is 0 Å². The number of aryl methyl sites for hydroxylation is 1. The van der Waals surface area contributed by atoms with Crippen molar-refractivity contribution in [2.24, 2.45) is 0 Å². The number of anilines is 1. The SMILES string of the molecule is O=C(O)Cc1cccc(NC(=O)CCCc2nc(C3CC3)no2)c1. The third kappa shape index (κ3) is 4.65. The number of aliphatic carboxylic acids is 1. The van der Waals surface area contributed by atoms with Crippen LogP contribution in [-0.2, 0) is 22.4 Å². The maximum atomic E-state index is 12.0. The first-order valence-electron chi connectivity index (χ1n) is 8.03. The van der Waals surface area contributed by atoms with E-state index in [0.717, 1.165) is 18.7 Å². The molecule has 1 saturated carbocycles. The van der Waals surface area contributed by atoms with Crippen molar-refractivity contribution >= 4 is 17.6 Å². The first kappa shape index (κ1) is 16.2. The number of benzene rings is 1. The van der Waals surface area contributed by atoms with Crippen molar-refractivity contribution in [1.82, 2.24) is 10.1 Å². The van der Waals surface area contributed by atoms with Crippen LogP contribution in [-0.4, -0.2) is 27.1 Å². The van der Waals surface area contributed by atoms with Crippen LogP contribution in [0.25, 0.3) is 0 Å². The number of amides is 1. The molecular formula is C17H19N3O4. The van der Waals surface area contributed by atoms with E-state index in [9.17, 15) is 9.59 Å². The topological polar surface area (TPSA) is 105 Å². The largest absolute Gasteiger partial charge is 0.481 e. The van der Waals surface area contributed by atoms with E-state index in [1.807, 2.05) is 0 Å². The van der Waals surface area contributed by atoms with Crippen LogP contribution in [0.2, 0.25) is 0 Å². The van der Waals surface area contributed by atoms with Crippen LogP contribution in [0.15, 0.2) is 28.8 Å². The molecule has 3 rings (SSSR count). The molecule has 7 nitrogen and oxygen atoms in total. The number of nitrogens with zero attached hydrogens (tertiary/aromatic N) is 2. The summed E-state index contributed by atoms with van der Waals surface area (Å²) in [5.74, 6) is 0.801. The van der Waals surface area contributed by atoms with Crippen LogP contribution in [0, 0.1) is 0 Å². The number of carbonyl (C=O) groups is 2. The lowest BCUT2D eigenvalue weighted by Gasteiger charge is -2.06. The van der Waals surface area contributed by atoms with Crippen LogP contribution >= 0.6 is 0 Å². The smallest absolute Gasteiger partial charge is 0.307 e. The molecule has 0 spiro atoms. The van der Waals surface area contributed by atoms with Gasteiger partial charge in [0.25, 0.3) is 0 Å². The second-order valence-corrected chi connectivity index (χ2v) is 5.99. The molecule has 2 N–H and O–H groups in total. The molecule has 1 aliphatic carbocycles. The van der Waals surface area contributed by atoms with Gasteiger partial charge in [0.15, 0.2) is 5.82 Å². The average molecular weight is 329 g/mol. The molecule has 1 amide bonds. The van der Waals surface area contributed by atoms with Crippen molar-refractivity contribution in [2.45, 2.75) is 44.4 Å². The fourth-order valence-electron chi connectivity index (χ4n) is 2.43. The van der Waals surface area contributed by atoms with Crippen LogP contribution in [0.1, 0.15) is 48.9 Å². The zero-order chi connectivity index (χ0) is 16.9. The Morgan fingerprint density at radius 1 is 1.33 bits per heavy atom. The number of carbonyl (C=O) groups excluding carboxylic acids is 1. The minimum absolute atomic E-state index is 0.0653. The van der Waals surface area contributed by atoms with Gasteiger partial charge in [-0.3, -0.25) is 9.59 Å². The second kappa shape index (κ2) is 7.25. The highest BCUT2D eigenvalue weighted by Gasteiger charge is 2.28. The summed E-state index contributed by atoms with van der Waals surface area (Å²) >= 11 is 0. The number of carboxylic acid groups (broad SMARTS) is 1. The zero-order valence-electron chi connectivity index (χ0n) is 13.2. The van der Waals surface area contributed by atoms with E-state index in [2.05, 4.69) is 15.5 Å². The summed E-state index contributed by atoms with van der Waals surface area (Å²) in [6.45, 7) is 0. The van der Waals surface area contributed by atoms with E-state index >= 15 is 0 Å². The Morgan fingerprint density at radius 2 is 2.17 bits per heavy atom. The van der Waals surface area contributed by atoms with Crippen LogP contribution in [0.4, 0.5) is 5.69 Å². The fourth-order valence-corrected chi connectivity index (χ4v) is 2.43. The zero-order valence-corrected chi connectivity index (χ0v) is 13.2. The molecule has 7 heteroatoms. The van der Waals surface area contributed by atoms with Gasteiger partial charge in [0.2, 0.25) is 11.8 Å². The van der Waals surface area contributed by atoms with E-state index in [0.29, 0.717) is 42.3 Å². The van der Waals surface area contributed by atoms with Crippen LogP contribution in [0.3, 0.4) is 0 Å². The van der Waals surface area contributed by atoms with Gasteiger partial charge in [0.1, 0.15) is 0 Å². The van der Waals surface area contributed by atoms with Crippen LogP contribution in [0.5, 0.6) is 0 Å². The van der Waals surface area contributed by atoms with E-state index in [1.165, 1.54) is 0 Å². The number of hydrogen-bond donors (Lipinski definition) is 2. The lowest BCUT2D eigenvalue weighted by molar-refractivity contribution is -0.136. The molecule has 2 aromatic rings. The predicted octanol–water partition coefficient (Wildman–Crippen LogP) is 2.54. The number of carboxylic acids is 1. The minimum Gasteiger partial charge on any atom is -0.481 e. The van der Waals surface area contributed by atoms with Gasteiger partial charge in [-0.05, 0) is 37.0 Å². The van der Waals surface area contributed by atoms with Gasteiger partial charge >= 0.3 is 5.97 Å². The molecule has 0 unspecified atom stereocenters. The van der Waals surface area contributed by atoms with Crippen LogP contribution < -0.4 is 5.32 Å². The lowest BCUT2D eigenvalue weighted by atomic mass is 10.1. The normalized spacial score (nSPS) is 13.7. The van der Waals surface area contributed by atoms with E-state index in [-0.39, 0.29) is 12.3 Å². The maximum Gasteiger partial charge on any atom is 0.307 e. The quantitative estimate of drug-likeness (QED) is 0.771. The van der Waals surface area contributed by atoms with E-state index in [4.69, 9.17) is 9.63 Å². The fraction of sp³-hybridized carbons (Fsp3) is 0.412. The van der Waals surface area contributed by atoms with Crippen molar-refractivity contribution in [2.75, 3.05) is 5.32 Å². The van der Waals surface area contributed by atoms with Crippen molar-refractivity contribution < 1.29 is 19.2 Å². The van der Waals surface area contributed by atoms with Crippen molar-refractivity contribution in [3.8, 4) is 0 Å². The Hall–Kier alpha value is -2.70. The van der Waals surface area contributed by atoms with E-state index in [1.54, 1.807) is 24.3 Å². The van der Waals surface area contributed by atoms with E-state index < -0.39 is 5.97 Å². The van der Waals surface area contributed by atoms with Crippen molar-refractivity contribution in [1.29, 1.82) is 0 Å². The first-order chi connectivity index (χ1) is 11.6. The van der Waals surface area contributed by atoms with Gasteiger partial charge in [-0.15, -0.1) is 0 Å².